The van der Waals surface area contributed by atoms with Crippen LogP contribution in [0.25, 0.3) is 11.0 Å². The minimum atomic E-state index is 0.0536. The van der Waals surface area contributed by atoms with E-state index >= 15 is 0 Å². The van der Waals surface area contributed by atoms with Gasteiger partial charge in [0, 0.05) is 36.1 Å². The molecule has 0 radical (unpaired) electrons. The van der Waals surface area contributed by atoms with E-state index in [1.165, 1.54) is 11.1 Å². The van der Waals surface area contributed by atoms with Crippen molar-refractivity contribution in [1.82, 2.24) is 9.55 Å². The minimum absolute atomic E-state index is 0.0536. The molecular formula is C28H28ClN3O2. The molecule has 2 heterocycles. The zero-order valence-electron chi connectivity index (χ0n) is 19.5. The fraction of sp³-hybridized carbons (Fsp3) is 0.286. The van der Waals surface area contributed by atoms with Crippen molar-refractivity contribution in [3.63, 3.8) is 0 Å². The van der Waals surface area contributed by atoms with Crippen LogP contribution < -0.4 is 9.64 Å². The van der Waals surface area contributed by atoms with E-state index in [2.05, 4.69) is 42.7 Å². The second-order valence-corrected chi connectivity index (χ2v) is 9.45. The van der Waals surface area contributed by atoms with Gasteiger partial charge in [-0.15, -0.1) is 0 Å². The minimum Gasteiger partial charge on any atom is -0.494 e. The van der Waals surface area contributed by atoms with Crippen LogP contribution in [0.1, 0.15) is 35.7 Å². The Morgan fingerprint density at radius 1 is 1.03 bits per heavy atom. The zero-order valence-corrected chi connectivity index (χ0v) is 20.3. The largest absolute Gasteiger partial charge is 0.494 e. The first-order chi connectivity index (χ1) is 16.5. The molecule has 5 nitrogen and oxygen atoms in total. The Morgan fingerprint density at radius 3 is 2.53 bits per heavy atom. The first-order valence-corrected chi connectivity index (χ1v) is 12.1. The predicted molar refractivity (Wildman–Crippen MR) is 137 cm³/mol. The highest BCUT2D eigenvalue weighted by Gasteiger charge is 2.35. The van der Waals surface area contributed by atoms with E-state index in [0.29, 0.717) is 24.6 Å². The Kier molecular flexibility index (Phi) is 6.29. The molecule has 0 spiro atoms. The molecule has 0 N–H and O–H groups in total. The molecule has 0 saturated carbocycles. The molecule has 1 unspecified atom stereocenters. The Balaban J connectivity index is 1.35. The third-order valence-electron chi connectivity index (χ3n) is 6.30. The average molecular weight is 474 g/mol. The van der Waals surface area contributed by atoms with Crippen molar-refractivity contribution in [1.29, 1.82) is 0 Å². The molecule has 1 aliphatic rings. The van der Waals surface area contributed by atoms with Gasteiger partial charge in [0.05, 0.1) is 17.6 Å². The third kappa shape index (κ3) is 4.66. The van der Waals surface area contributed by atoms with Gasteiger partial charge in [-0.2, -0.15) is 0 Å². The summed E-state index contributed by atoms with van der Waals surface area (Å²) in [4.78, 5) is 19.9. The molecule has 1 fully saturated rings. The molecule has 1 amide bonds. The molecule has 1 atom stereocenters. The standard InChI is InChI=1S/C28H28ClN3O2/c1-19-14-20(2)16-23(15-19)32-18-21(17-27(32)33)28-30-25-6-3-4-7-26(25)31(28)12-5-13-34-24-10-8-22(29)9-11-24/h3-4,6-11,14-16,21H,5,12-13,17-18H2,1-2H3. The summed E-state index contributed by atoms with van der Waals surface area (Å²) < 4.78 is 8.16. The Hall–Kier alpha value is -3.31. The van der Waals surface area contributed by atoms with Crippen LogP contribution in [-0.4, -0.2) is 28.6 Å². The van der Waals surface area contributed by atoms with Crippen molar-refractivity contribution >= 4 is 34.2 Å². The van der Waals surface area contributed by atoms with Gasteiger partial charge in [0.2, 0.25) is 5.91 Å². The van der Waals surface area contributed by atoms with Crippen LogP contribution in [-0.2, 0) is 11.3 Å². The molecule has 174 valence electrons. The highest BCUT2D eigenvalue weighted by atomic mass is 35.5. The maximum absolute atomic E-state index is 13.0. The van der Waals surface area contributed by atoms with E-state index in [9.17, 15) is 4.79 Å². The summed E-state index contributed by atoms with van der Waals surface area (Å²) in [6.45, 7) is 6.15. The van der Waals surface area contributed by atoms with Crippen molar-refractivity contribution < 1.29 is 9.53 Å². The summed E-state index contributed by atoms with van der Waals surface area (Å²) in [7, 11) is 0. The van der Waals surface area contributed by atoms with Gasteiger partial charge in [0.25, 0.3) is 0 Å². The van der Waals surface area contributed by atoms with E-state index in [1.807, 2.05) is 47.4 Å². The van der Waals surface area contributed by atoms with Gasteiger partial charge in [0.15, 0.2) is 0 Å². The number of halogens is 1. The van der Waals surface area contributed by atoms with Gasteiger partial charge >= 0.3 is 0 Å². The monoisotopic (exact) mass is 473 g/mol. The summed E-state index contributed by atoms with van der Waals surface area (Å²) in [5.74, 6) is 2.00. The van der Waals surface area contributed by atoms with Crippen LogP contribution in [0.3, 0.4) is 0 Å². The summed E-state index contributed by atoms with van der Waals surface area (Å²) in [6.07, 6.45) is 1.30. The number of fused-ring (bicyclic) bond motifs is 1. The number of rotatable bonds is 7. The van der Waals surface area contributed by atoms with Crippen LogP contribution in [0, 0.1) is 13.8 Å². The predicted octanol–water partition coefficient (Wildman–Crippen LogP) is 6.30. The summed E-state index contributed by atoms with van der Waals surface area (Å²) in [5.41, 5.74) is 5.37. The number of para-hydroxylation sites is 2. The normalized spacial score (nSPS) is 15.9. The molecule has 0 aliphatic carbocycles. The number of hydrogen-bond donors (Lipinski definition) is 0. The van der Waals surface area contributed by atoms with E-state index in [4.69, 9.17) is 21.3 Å². The summed E-state index contributed by atoms with van der Waals surface area (Å²) in [6, 6.07) is 21.9. The number of carbonyl (C=O) groups is 1. The molecule has 34 heavy (non-hydrogen) atoms. The number of imidazole rings is 1. The quantitative estimate of drug-likeness (QED) is 0.296. The van der Waals surface area contributed by atoms with Crippen molar-refractivity contribution in [2.75, 3.05) is 18.1 Å². The van der Waals surface area contributed by atoms with Crippen LogP contribution in [0.15, 0.2) is 66.7 Å². The smallest absolute Gasteiger partial charge is 0.227 e. The third-order valence-corrected chi connectivity index (χ3v) is 6.55. The fourth-order valence-corrected chi connectivity index (χ4v) is 4.95. The lowest BCUT2D eigenvalue weighted by Crippen LogP contribution is -2.24. The molecule has 0 bridgehead atoms. The second kappa shape index (κ2) is 9.51. The molecule has 6 heteroatoms. The summed E-state index contributed by atoms with van der Waals surface area (Å²) >= 11 is 5.96. The van der Waals surface area contributed by atoms with Gasteiger partial charge in [0.1, 0.15) is 11.6 Å². The second-order valence-electron chi connectivity index (χ2n) is 9.02. The first kappa shape index (κ1) is 22.5. The van der Waals surface area contributed by atoms with Gasteiger partial charge < -0.3 is 14.2 Å². The lowest BCUT2D eigenvalue weighted by Gasteiger charge is -2.19. The van der Waals surface area contributed by atoms with Crippen molar-refractivity contribution in [2.24, 2.45) is 0 Å². The maximum Gasteiger partial charge on any atom is 0.227 e. The summed E-state index contributed by atoms with van der Waals surface area (Å²) in [5, 5.41) is 0.697. The van der Waals surface area contributed by atoms with Crippen LogP contribution in [0.2, 0.25) is 5.02 Å². The highest BCUT2D eigenvalue weighted by Crippen LogP contribution is 2.34. The van der Waals surface area contributed by atoms with Gasteiger partial charge in [-0.05, 0) is 79.9 Å². The first-order valence-electron chi connectivity index (χ1n) is 11.7. The van der Waals surface area contributed by atoms with E-state index < -0.39 is 0 Å². The van der Waals surface area contributed by atoms with E-state index in [1.54, 1.807) is 0 Å². The molecule has 3 aromatic carbocycles. The number of ether oxygens (including phenoxy) is 1. The fourth-order valence-electron chi connectivity index (χ4n) is 4.82. The highest BCUT2D eigenvalue weighted by molar-refractivity contribution is 6.30. The topological polar surface area (TPSA) is 47.4 Å². The van der Waals surface area contributed by atoms with Crippen molar-refractivity contribution in [3.05, 3.63) is 88.7 Å². The molecular weight excluding hydrogens is 446 g/mol. The number of nitrogens with zero attached hydrogens (tertiary/aromatic N) is 3. The number of benzene rings is 3. The van der Waals surface area contributed by atoms with Crippen molar-refractivity contribution in [2.45, 2.75) is 39.2 Å². The van der Waals surface area contributed by atoms with Crippen molar-refractivity contribution in [3.8, 4) is 5.75 Å². The lowest BCUT2D eigenvalue weighted by atomic mass is 10.1. The maximum atomic E-state index is 13.0. The lowest BCUT2D eigenvalue weighted by molar-refractivity contribution is -0.117. The van der Waals surface area contributed by atoms with Gasteiger partial charge in [-0.25, -0.2) is 4.98 Å². The number of carbonyl (C=O) groups excluding carboxylic acids is 1. The van der Waals surface area contributed by atoms with Crippen LogP contribution in [0.4, 0.5) is 5.69 Å². The zero-order chi connectivity index (χ0) is 23.7. The Bertz CT molecular complexity index is 1310. The number of aryl methyl sites for hydroxylation is 3. The molecule has 5 rings (SSSR count). The average Bonchev–Trinajstić information content (AvgIpc) is 3.38. The molecule has 1 aliphatic heterocycles. The number of anilines is 1. The Labute approximate surface area is 204 Å². The van der Waals surface area contributed by atoms with Gasteiger partial charge in [-0.1, -0.05) is 29.8 Å². The van der Waals surface area contributed by atoms with E-state index in [0.717, 1.165) is 41.3 Å². The van der Waals surface area contributed by atoms with Gasteiger partial charge in [-0.3, -0.25) is 4.79 Å². The Morgan fingerprint density at radius 2 is 1.76 bits per heavy atom. The number of amides is 1. The van der Waals surface area contributed by atoms with E-state index in [-0.39, 0.29) is 11.8 Å². The van der Waals surface area contributed by atoms with Crippen LogP contribution >= 0.6 is 11.6 Å². The number of hydrogen-bond acceptors (Lipinski definition) is 3. The SMILES string of the molecule is Cc1cc(C)cc(N2CC(c3nc4ccccc4n3CCCOc3ccc(Cl)cc3)CC2=O)c1. The molecule has 4 aromatic rings. The van der Waals surface area contributed by atoms with Crippen LogP contribution in [0.5, 0.6) is 5.75 Å². The molecule has 1 saturated heterocycles. The molecule has 1 aromatic heterocycles. The number of aromatic nitrogens is 2.